The molecule has 2 N–H and O–H groups in total. The number of nitrogens with one attached hydrogen (secondary N) is 1. The van der Waals surface area contributed by atoms with Crippen molar-refractivity contribution in [2.24, 2.45) is 4.99 Å². The summed E-state index contributed by atoms with van der Waals surface area (Å²) in [6, 6.07) is 28.0. The van der Waals surface area contributed by atoms with Gasteiger partial charge in [0.15, 0.2) is 11.5 Å². The van der Waals surface area contributed by atoms with Crippen molar-refractivity contribution in [2.45, 2.75) is 0 Å². The van der Waals surface area contributed by atoms with E-state index in [1.807, 2.05) is 30.3 Å². The number of carbonyl (C=O) groups excluding carboxylic acids is 2. The van der Waals surface area contributed by atoms with Crippen LogP contribution < -0.4 is 19.7 Å². The normalized spacial score (nSPS) is 13.8. The predicted octanol–water partition coefficient (Wildman–Crippen LogP) is 5.50. The molecule has 4 aromatic rings. The Labute approximate surface area is 225 Å². The fourth-order valence-corrected chi connectivity index (χ4v) is 4.13. The molecule has 0 aromatic heterocycles. The van der Waals surface area contributed by atoms with E-state index in [0.717, 1.165) is 5.56 Å². The molecule has 0 atom stereocenters. The number of aliphatic imine (C=N–C) groups is 1. The third kappa shape index (κ3) is 5.35. The molecule has 8 heteroatoms. The summed E-state index contributed by atoms with van der Waals surface area (Å²) in [5.74, 6) is 0.836. The molecule has 0 unspecified atom stereocenters. The average Bonchev–Trinajstić information content (AvgIpc) is 3.29. The van der Waals surface area contributed by atoms with E-state index in [1.54, 1.807) is 73.8 Å². The third-order valence-electron chi connectivity index (χ3n) is 6.13. The van der Waals surface area contributed by atoms with Gasteiger partial charge in [-0.2, -0.15) is 0 Å². The quantitative estimate of drug-likeness (QED) is 0.314. The minimum absolute atomic E-state index is 0.0371. The summed E-state index contributed by atoms with van der Waals surface area (Å²) in [6.07, 6.45) is 1.61. The highest BCUT2D eigenvalue weighted by molar-refractivity contribution is 6.33. The SMILES string of the molecule is COc1ccc(NC(=O)c2ccc(N3C(=O)C(=Cc4ccc(OC)c(O)c4)N=C3c3ccccc3)cc2)cc1. The van der Waals surface area contributed by atoms with Crippen LogP contribution in [-0.4, -0.2) is 37.0 Å². The summed E-state index contributed by atoms with van der Waals surface area (Å²) in [4.78, 5) is 32.5. The number of phenols is 1. The Hall–Kier alpha value is -5.37. The second kappa shape index (κ2) is 10.9. The monoisotopic (exact) mass is 519 g/mol. The van der Waals surface area contributed by atoms with Crippen LogP contribution in [-0.2, 0) is 4.79 Å². The van der Waals surface area contributed by atoms with Crippen molar-refractivity contribution in [1.82, 2.24) is 0 Å². The van der Waals surface area contributed by atoms with E-state index in [2.05, 4.69) is 10.3 Å². The van der Waals surface area contributed by atoms with Gasteiger partial charge in [-0.1, -0.05) is 36.4 Å². The van der Waals surface area contributed by atoms with Crippen molar-refractivity contribution >= 4 is 35.1 Å². The van der Waals surface area contributed by atoms with Gasteiger partial charge in [-0.3, -0.25) is 14.5 Å². The summed E-state index contributed by atoms with van der Waals surface area (Å²) < 4.78 is 10.3. The van der Waals surface area contributed by atoms with Crippen LogP contribution in [0.1, 0.15) is 21.5 Å². The van der Waals surface area contributed by atoms with Crippen molar-refractivity contribution in [3.63, 3.8) is 0 Å². The van der Waals surface area contributed by atoms with Gasteiger partial charge in [-0.25, -0.2) is 4.99 Å². The van der Waals surface area contributed by atoms with Crippen LogP contribution in [0.3, 0.4) is 0 Å². The minimum atomic E-state index is -0.334. The van der Waals surface area contributed by atoms with Crippen LogP contribution in [0.2, 0.25) is 0 Å². The maximum Gasteiger partial charge on any atom is 0.282 e. The van der Waals surface area contributed by atoms with E-state index in [0.29, 0.717) is 39.8 Å². The summed E-state index contributed by atoms with van der Waals surface area (Å²) in [5, 5.41) is 13.0. The van der Waals surface area contributed by atoms with Crippen molar-refractivity contribution in [1.29, 1.82) is 0 Å². The number of amides is 2. The molecule has 0 saturated heterocycles. The molecule has 0 spiro atoms. The van der Waals surface area contributed by atoms with Crippen LogP contribution in [0.5, 0.6) is 17.2 Å². The number of ether oxygens (including phenoxy) is 2. The fourth-order valence-electron chi connectivity index (χ4n) is 4.13. The molecule has 2 amide bonds. The van der Waals surface area contributed by atoms with E-state index in [-0.39, 0.29) is 23.3 Å². The van der Waals surface area contributed by atoms with E-state index < -0.39 is 0 Å². The molecule has 1 heterocycles. The Morgan fingerprint density at radius 3 is 2.26 bits per heavy atom. The number of benzene rings is 4. The average molecular weight is 520 g/mol. The first kappa shape index (κ1) is 25.3. The van der Waals surface area contributed by atoms with Gasteiger partial charge >= 0.3 is 0 Å². The molecule has 0 bridgehead atoms. The van der Waals surface area contributed by atoms with E-state index in [1.165, 1.54) is 18.1 Å². The highest BCUT2D eigenvalue weighted by atomic mass is 16.5. The fraction of sp³-hybridized carbons (Fsp3) is 0.0645. The summed E-state index contributed by atoms with van der Waals surface area (Å²) in [7, 11) is 3.05. The van der Waals surface area contributed by atoms with E-state index in [4.69, 9.17) is 9.47 Å². The number of rotatable bonds is 7. The van der Waals surface area contributed by atoms with Gasteiger partial charge in [0.2, 0.25) is 0 Å². The van der Waals surface area contributed by atoms with E-state index >= 15 is 0 Å². The second-order valence-electron chi connectivity index (χ2n) is 8.63. The van der Waals surface area contributed by atoms with Crippen LogP contribution in [0.4, 0.5) is 11.4 Å². The molecule has 8 nitrogen and oxygen atoms in total. The topological polar surface area (TPSA) is 100 Å². The molecule has 0 aliphatic carbocycles. The standard InChI is InChI=1S/C31H25N3O5/c1-38-25-15-11-23(12-16-25)32-30(36)22-9-13-24(14-10-22)34-29(21-6-4-3-5-7-21)33-26(31(34)37)18-20-8-17-28(39-2)27(35)19-20/h3-19,35H,1-2H3,(H,32,36). The Morgan fingerprint density at radius 2 is 1.62 bits per heavy atom. The molecule has 0 radical (unpaired) electrons. The van der Waals surface area contributed by atoms with Gasteiger partial charge in [-0.15, -0.1) is 0 Å². The number of hydrogen-bond donors (Lipinski definition) is 2. The van der Waals surface area contributed by atoms with Crippen molar-refractivity contribution < 1.29 is 24.2 Å². The molecule has 39 heavy (non-hydrogen) atoms. The van der Waals surface area contributed by atoms with Crippen LogP contribution in [0.25, 0.3) is 6.08 Å². The number of anilines is 2. The Kier molecular flexibility index (Phi) is 7.09. The number of carbonyl (C=O) groups is 2. The zero-order valence-corrected chi connectivity index (χ0v) is 21.3. The zero-order valence-electron chi connectivity index (χ0n) is 21.3. The van der Waals surface area contributed by atoms with Gasteiger partial charge in [0.05, 0.1) is 19.9 Å². The number of methoxy groups -OCH3 is 2. The highest BCUT2D eigenvalue weighted by Crippen LogP contribution is 2.31. The lowest BCUT2D eigenvalue weighted by molar-refractivity contribution is -0.113. The molecule has 5 rings (SSSR count). The van der Waals surface area contributed by atoms with Gasteiger partial charge in [0, 0.05) is 16.8 Å². The van der Waals surface area contributed by atoms with E-state index in [9.17, 15) is 14.7 Å². The molecule has 0 fully saturated rings. The van der Waals surface area contributed by atoms with Crippen LogP contribution >= 0.6 is 0 Å². The number of aromatic hydroxyl groups is 1. The lowest BCUT2D eigenvalue weighted by Crippen LogP contribution is -2.32. The first-order chi connectivity index (χ1) is 19.0. The van der Waals surface area contributed by atoms with Crippen molar-refractivity contribution in [2.75, 3.05) is 24.4 Å². The molecular formula is C31H25N3O5. The predicted molar refractivity (Wildman–Crippen MR) is 150 cm³/mol. The highest BCUT2D eigenvalue weighted by Gasteiger charge is 2.32. The number of phenolic OH excluding ortho intramolecular Hbond substituents is 1. The van der Waals surface area contributed by atoms with Crippen molar-refractivity contribution in [3.05, 3.63) is 119 Å². The molecule has 0 saturated carbocycles. The Balaban J connectivity index is 1.43. The molecule has 1 aliphatic heterocycles. The van der Waals surface area contributed by atoms with Gasteiger partial charge < -0.3 is 19.9 Å². The molecule has 1 aliphatic rings. The zero-order chi connectivity index (χ0) is 27.4. The second-order valence-corrected chi connectivity index (χ2v) is 8.63. The number of nitrogens with zero attached hydrogens (tertiary/aromatic N) is 2. The third-order valence-corrected chi connectivity index (χ3v) is 6.13. The van der Waals surface area contributed by atoms with Gasteiger partial charge in [-0.05, 0) is 72.3 Å². The summed E-state index contributed by atoms with van der Waals surface area (Å²) in [6.45, 7) is 0. The number of hydrogen-bond acceptors (Lipinski definition) is 6. The van der Waals surface area contributed by atoms with Crippen LogP contribution in [0, 0.1) is 0 Å². The molecule has 4 aromatic carbocycles. The van der Waals surface area contributed by atoms with Gasteiger partial charge in [0.1, 0.15) is 17.3 Å². The largest absolute Gasteiger partial charge is 0.504 e. The Morgan fingerprint density at radius 1 is 0.897 bits per heavy atom. The summed E-state index contributed by atoms with van der Waals surface area (Å²) in [5.41, 5.74) is 3.19. The molecular weight excluding hydrogens is 494 g/mol. The maximum absolute atomic E-state index is 13.6. The summed E-state index contributed by atoms with van der Waals surface area (Å²) >= 11 is 0. The Bertz CT molecular complexity index is 1580. The minimum Gasteiger partial charge on any atom is -0.504 e. The smallest absolute Gasteiger partial charge is 0.282 e. The number of amidine groups is 1. The van der Waals surface area contributed by atoms with Gasteiger partial charge in [0.25, 0.3) is 11.8 Å². The van der Waals surface area contributed by atoms with Crippen LogP contribution in [0.15, 0.2) is 108 Å². The first-order valence-corrected chi connectivity index (χ1v) is 12.1. The van der Waals surface area contributed by atoms with Crippen molar-refractivity contribution in [3.8, 4) is 17.2 Å². The lowest BCUT2D eigenvalue weighted by atomic mass is 10.1. The maximum atomic E-state index is 13.6. The first-order valence-electron chi connectivity index (χ1n) is 12.1. The lowest BCUT2D eigenvalue weighted by Gasteiger charge is -2.19. The molecule has 194 valence electrons.